The summed E-state index contributed by atoms with van der Waals surface area (Å²) in [5, 5.41) is 0. The highest BCUT2D eigenvalue weighted by molar-refractivity contribution is 5.75. The first-order chi connectivity index (χ1) is 10.1. The minimum Gasteiger partial charge on any atom is -0.341 e. The van der Waals surface area contributed by atoms with Gasteiger partial charge in [-0.05, 0) is 42.9 Å². The van der Waals surface area contributed by atoms with E-state index in [0.29, 0.717) is 6.04 Å². The molecule has 4 heteroatoms. The third-order valence-corrected chi connectivity index (χ3v) is 4.50. The SMILES string of the molecule is CCC(c1nc2ccc(F)cc2[nH]1)N1CC(C)CC(C)C1. The first-order valence-corrected chi connectivity index (χ1v) is 7.96. The summed E-state index contributed by atoms with van der Waals surface area (Å²) in [6.45, 7) is 9.08. The van der Waals surface area contributed by atoms with Gasteiger partial charge in [-0.2, -0.15) is 0 Å². The Morgan fingerprint density at radius 1 is 1.33 bits per heavy atom. The summed E-state index contributed by atoms with van der Waals surface area (Å²) >= 11 is 0. The van der Waals surface area contributed by atoms with Gasteiger partial charge in [-0.3, -0.25) is 4.90 Å². The molecule has 0 bridgehead atoms. The number of benzene rings is 1. The fourth-order valence-corrected chi connectivity index (χ4v) is 3.75. The molecule has 0 radical (unpaired) electrons. The molecule has 3 rings (SSSR count). The first-order valence-electron chi connectivity index (χ1n) is 7.96. The molecule has 1 aliphatic rings. The average molecular weight is 289 g/mol. The Morgan fingerprint density at radius 2 is 2.05 bits per heavy atom. The van der Waals surface area contributed by atoms with Crippen LogP contribution in [0.2, 0.25) is 0 Å². The van der Waals surface area contributed by atoms with Crippen molar-refractivity contribution >= 4 is 11.0 Å². The van der Waals surface area contributed by atoms with Gasteiger partial charge in [-0.1, -0.05) is 20.8 Å². The van der Waals surface area contributed by atoms with E-state index >= 15 is 0 Å². The predicted molar refractivity (Wildman–Crippen MR) is 83.6 cm³/mol. The Labute approximate surface area is 125 Å². The van der Waals surface area contributed by atoms with Crippen molar-refractivity contribution in [1.29, 1.82) is 0 Å². The normalized spacial score (nSPS) is 25.3. The fraction of sp³-hybridized carbons (Fsp3) is 0.588. The van der Waals surface area contributed by atoms with Gasteiger partial charge in [0.05, 0.1) is 17.1 Å². The van der Waals surface area contributed by atoms with Crippen LogP contribution in [0.5, 0.6) is 0 Å². The third-order valence-electron chi connectivity index (χ3n) is 4.50. The fourth-order valence-electron chi connectivity index (χ4n) is 3.75. The van der Waals surface area contributed by atoms with Gasteiger partial charge in [0, 0.05) is 13.1 Å². The molecule has 3 unspecified atom stereocenters. The summed E-state index contributed by atoms with van der Waals surface area (Å²) in [5.74, 6) is 2.21. The van der Waals surface area contributed by atoms with Crippen LogP contribution < -0.4 is 0 Å². The summed E-state index contributed by atoms with van der Waals surface area (Å²) in [6, 6.07) is 5.04. The van der Waals surface area contributed by atoms with E-state index in [1.165, 1.54) is 18.6 Å². The number of H-pyrrole nitrogens is 1. The van der Waals surface area contributed by atoms with E-state index in [0.717, 1.165) is 48.2 Å². The Balaban J connectivity index is 1.90. The van der Waals surface area contributed by atoms with Gasteiger partial charge in [0.15, 0.2) is 0 Å². The van der Waals surface area contributed by atoms with Crippen molar-refractivity contribution in [2.45, 2.75) is 39.7 Å². The van der Waals surface area contributed by atoms with Gasteiger partial charge in [0.2, 0.25) is 0 Å². The van der Waals surface area contributed by atoms with E-state index in [1.807, 2.05) is 0 Å². The number of aromatic amines is 1. The Bertz CT molecular complexity index is 612. The summed E-state index contributed by atoms with van der Waals surface area (Å²) in [7, 11) is 0. The predicted octanol–water partition coefficient (Wildman–Crippen LogP) is 4.13. The molecule has 114 valence electrons. The molecular weight excluding hydrogens is 265 g/mol. The van der Waals surface area contributed by atoms with E-state index in [2.05, 4.69) is 35.6 Å². The molecule has 3 nitrogen and oxygen atoms in total. The largest absolute Gasteiger partial charge is 0.341 e. The number of hydrogen-bond acceptors (Lipinski definition) is 2. The Morgan fingerprint density at radius 3 is 2.71 bits per heavy atom. The second kappa shape index (κ2) is 5.76. The maximum atomic E-state index is 13.3. The first kappa shape index (κ1) is 14.5. The molecule has 0 saturated carbocycles. The molecule has 3 atom stereocenters. The van der Waals surface area contributed by atoms with Gasteiger partial charge in [-0.25, -0.2) is 9.37 Å². The zero-order valence-electron chi connectivity index (χ0n) is 13.1. The van der Waals surface area contributed by atoms with Crippen molar-refractivity contribution in [1.82, 2.24) is 14.9 Å². The molecule has 1 aromatic carbocycles. The van der Waals surface area contributed by atoms with E-state index in [1.54, 1.807) is 6.07 Å². The molecule has 0 aliphatic carbocycles. The highest BCUT2D eigenvalue weighted by Gasteiger charge is 2.29. The molecule has 1 saturated heterocycles. The van der Waals surface area contributed by atoms with Crippen LogP contribution in [0.25, 0.3) is 11.0 Å². The number of nitrogens with one attached hydrogen (secondary N) is 1. The lowest BCUT2D eigenvalue weighted by Gasteiger charge is -2.39. The van der Waals surface area contributed by atoms with E-state index in [9.17, 15) is 4.39 Å². The number of likely N-dealkylation sites (tertiary alicyclic amines) is 1. The van der Waals surface area contributed by atoms with Crippen LogP contribution >= 0.6 is 0 Å². The van der Waals surface area contributed by atoms with Crippen molar-refractivity contribution < 1.29 is 4.39 Å². The van der Waals surface area contributed by atoms with E-state index in [-0.39, 0.29) is 5.82 Å². The Kier molecular flexibility index (Phi) is 3.98. The second-order valence-corrected chi connectivity index (χ2v) is 6.61. The zero-order valence-corrected chi connectivity index (χ0v) is 13.1. The van der Waals surface area contributed by atoms with Crippen LogP contribution in [0, 0.1) is 17.7 Å². The van der Waals surface area contributed by atoms with Crippen LogP contribution in [0.4, 0.5) is 4.39 Å². The molecule has 2 aromatic rings. The maximum absolute atomic E-state index is 13.3. The van der Waals surface area contributed by atoms with Gasteiger partial charge in [0.1, 0.15) is 11.6 Å². The Hall–Kier alpha value is -1.42. The van der Waals surface area contributed by atoms with E-state index < -0.39 is 0 Å². The van der Waals surface area contributed by atoms with Gasteiger partial charge in [-0.15, -0.1) is 0 Å². The summed E-state index contributed by atoms with van der Waals surface area (Å²) in [4.78, 5) is 10.5. The third kappa shape index (κ3) is 2.95. The number of hydrogen-bond donors (Lipinski definition) is 1. The van der Waals surface area contributed by atoms with E-state index in [4.69, 9.17) is 0 Å². The van der Waals surface area contributed by atoms with Gasteiger partial charge in [0.25, 0.3) is 0 Å². The van der Waals surface area contributed by atoms with Crippen molar-refractivity contribution in [2.75, 3.05) is 13.1 Å². The molecule has 1 N–H and O–H groups in total. The molecule has 2 heterocycles. The molecular formula is C17H24FN3. The average Bonchev–Trinajstić information content (AvgIpc) is 2.81. The molecule has 1 aromatic heterocycles. The number of nitrogens with zero attached hydrogens (tertiary/aromatic N) is 2. The highest BCUT2D eigenvalue weighted by atomic mass is 19.1. The molecule has 1 aliphatic heterocycles. The number of rotatable bonds is 3. The molecule has 21 heavy (non-hydrogen) atoms. The molecule has 0 amide bonds. The van der Waals surface area contributed by atoms with Crippen molar-refractivity contribution in [3.05, 3.63) is 29.8 Å². The lowest BCUT2D eigenvalue weighted by atomic mass is 9.90. The van der Waals surface area contributed by atoms with Crippen LogP contribution in [0.15, 0.2) is 18.2 Å². The van der Waals surface area contributed by atoms with Crippen molar-refractivity contribution in [3.8, 4) is 0 Å². The second-order valence-electron chi connectivity index (χ2n) is 6.61. The van der Waals surface area contributed by atoms with Crippen LogP contribution in [0.1, 0.15) is 45.5 Å². The van der Waals surface area contributed by atoms with Crippen LogP contribution in [-0.4, -0.2) is 28.0 Å². The highest BCUT2D eigenvalue weighted by Crippen LogP contribution is 2.31. The molecule has 1 fully saturated rings. The summed E-state index contributed by atoms with van der Waals surface area (Å²) in [5.41, 5.74) is 1.64. The standard InChI is InChI=1S/C17H24FN3/c1-4-16(21-9-11(2)7-12(3)10-21)17-19-14-6-5-13(18)8-15(14)20-17/h5-6,8,11-12,16H,4,7,9-10H2,1-3H3,(H,19,20). The minimum absolute atomic E-state index is 0.217. The number of aromatic nitrogens is 2. The zero-order chi connectivity index (χ0) is 15.0. The van der Waals surface area contributed by atoms with Crippen LogP contribution in [-0.2, 0) is 0 Å². The lowest BCUT2D eigenvalue weighted by molar-refractivity contribution is 0.0893. The maximum Gasteiger partial charge on any atom is 0.125 e. The minimum atomic E-state index is -0.217. The van der Waals surface area contributed by atoms with Crippen molar-refractivity contribution in [3.63, 3.8) is 0 Å². The number of fused-ring (bicyclic) bond motifs is 1. The van der Waals surface area contributed by atoms with Crippen LogP contribution in [0.3, 0.4) is 0 Å². The summed E-state index contributed by atoms with van der Waals surface area (Å²) in [6.07, 6.45) is 2.32. The summed E-state index contributed by atoms with van der Waals surface area (Å²) < 4.78 is 13.3. The van der Waals surface area contributed by atoms with Gasteiger partial charge < -0.3 is 4.98 Å². The smallest absolute Gasteiger partial charge is 0.125 e. The number of piperidine rings is 1. The number of halogens is 1. The monoisotopic (exact) mass is 289 g/mol. The quantitative estimate of drug-likeness (QED) is 0.921. The van der Waals surface area contributed by atoms with Crippen molar-refractivity contribution in [2.24, 2.45) is 11.8 Å². The topological polar surface area (TPSA) is 31.9 Å². The molecule has 0 spiro atoms. The number of imidazole rings is 1. The van der Waals surface area contributed by atoms with Gasteiger partial charge >= 0.3 is 0 Å². The lowest BCUT2D eigenvalue weighted by Crippen LogP contribution is -2.41.